The van der Waals surface area contributed by atoms with Crippen molar-refractivity contribution < 1.29 is 4.79 Å². The van der Waals surface area contributed by atoms with E-state index in [-0.39, 0.29) is 5.41 Å². The average Bonchev–Trinajstić information content (AvgIpc) is 3.40. The summed E-state index contributed by atoms with van der Waals surface area (Å²) >= 11 is 1.74. The van der Waals surface area contributed by atoms with E-state index < -0.39 is 0 Å². The third-order valence-corrected chi connectivity index (χ3v) is 6.64. The van der Waals surface area contributed by atoms with Gasteiger partial charge in [0.05, 0.1) is 17.2 Å². The molecule has 0 spiro atoms. The van der Waals surface area contributed by atoms with E-state index in [2.05, 4.69) is 48.2 Å². The Hall–Kier alpha value is -1.67. The fraction of sp³-hybridized carbons (Fsp3) is 0.773. The zero-order valence-electron chi connectivity index (χ0n) is 19.1. The Bertz CT molecular complexity index is 711. The molecule has 1 aromatic heterocycles. The number of nitrogens with zero attached hydrogens (tertiary/aromatic N) is 5. The van der Waals surface area contributed by atoms with Crippen LogP contribution in [0.5, 0.6) is 0 Å². The molecule has 7 nitrogen and oxygen atoms in total. The molecule has 1 amide bonds. The lowest BCUT2D eigenvalue weighted by molar-refractivity contribution is -0.131. The van der Waals surface area contributed by atoms with Crippen LogP contribution in [0.1, 0.15) is 51.2 Å². The predicted octanol–water partition coefficient (Wildman–Crippen LogP) is 2.19. The number of aliphatic imine (C=N–C) groups is 1. The Balaban J connectivity index is 1.47. The summed E-state index contributed by atoms with van der Waals surface area (Å²) in [5.74, 6) is 1.27. The van der Waals surface area contributed by atoms with E-state index in [1.54, 1.807) is 11.3 Å². The maximum Gasteiger partial charge on any atom is 0.236 e. The van der Waals surface area contributed by atoms with Crippen LogP contribution in [0, 0.1) is 0 Å². The van der Waals surface area contributed by atoms with Gasteiger partial charge in [-0.15, -0.1) is 11.3 Å². The number of carbonyl (C=O) groups is 1. The summed E-state index contributed by atoms with van der Waals surface area (Å²) in [6.07, 6.45) is 3.18. The van der Waals surface area contributed by atoms with Crippen molar-refractivity contribution in [1.82, 2.24) is 25.0 Å². The van der Waals surface area contributed by atoms with Crippen LogP contribution in [0.2, 0.25) is 0 Å². The van der Waals surface area contributed by atoms with Crippen molar-refractivity contribution in [3.05, 3.63) is 16.1 Å². The average molecular weight is 435 g/mol. The molecule has 0 aliphatic carbocycles. The van der Waals surface area contributed by atoms with Gasteiger partial charge in [-0.3, -0.25) is 14.7 Å². The summed E-state index contributed by atoms with van der Waals surface area (Å²) in [4.78, 5) is 28.7. The molecule has 3 heterocycles. The first-order valence-electron chi connectivity index (χ1n) is 11.3. The smallest absolute Gasteiger partial charge is 0.236 e. The summed E-state index contributed by atoms with van der Waals surface area (Å²) in [6, 6.07) is 0. The first-order valence-corrected chi connectivity index (χ1v) is 12.2. The molecule has 2 saturated heterocycles. The van der Waals surface area contributed by atoms with Gasteiger partial charge in [0.1, 0.15) is 0 Å². The van der Waals surface area contributed by atoms with E-state index in [1.165, 1.54) is 0 Å². The van der Waals surface area contributed by atoms with E-state index >= 15 is 0 Å². The molecule has 2 aliphatic rings. The second-order valence-corrected chi connectivity index (χ2v) is 10.2. The van der Waals surface area contributed by atoms with Crippen molar-refractivity contribution in [3.63, 3.8) is 0 Å². The molecule has 168 valence electrons. The van der Waals surface area contributed by atoms with Gasteiger partial charge in [-0.25, -0.2) is 4.98 Å². The van der Waals surface area contributed by atoms with Crippen LogP contribution in [-0.2, 0) is 16.6 Å². The van der Waals surface area contributed by atoms with Crippen molar-refractivity contribution in [1.29, 1.82) is 0 Å². The van der Waals surface area contributed by atoms with Gasteiger partial charge in [0.2, 0.25) is 5.91 Å². The van der Waals surface area contributed by atoms with Gasteiger partial charge in [0.25, 0.3) is 0 Å². The highest BCUT2D eigenvalue weighted by atomic mass is 32.1. The number of nitrogens with one attached hydrogen (secondary N) is 1. The number of rotatable bonds is 6. The summed E-state index contributed by atoms with van der Waals surface area (Å²) in [6.45, 7) is 16.4. The van der Waals surface area contributed by atoms with Crippen LogP contribution < -0.4 is 5.32 Å². The van der Waals surface area contributed by atoms with Crippen LogP contribution >= 0.6 is 11.3 Å². The number of carbonyl (C=O) groups excluding carboxylic acids is 1. The van der Waals surface area contributed by atoms with Crippen molar-refractivity contribution in [2.45, 2.75) is 52.4 Å². The fourth-order valence-electron chi connectivity index (χ4n) is 3.83. The van der Waals surface area contributed by atoms with Crippen molar-refractivity contribution in [2.75, 3.05) is 58.9 Å². The molecule has 2 aliphatic heterocycles. The highest BCUT2D eigenvalue weighted by Gasteiger charge is 2.24. The fourth-order valence-corrected chi connectivity index (χ4v) is 4.84. The van der Waals surface area contributed by atoms with E-state index in [0.717, 1.165) is 88.3 Å². The summed E-state index contributed by atoms with van der Waals surface area (Å²) in [5, 5.41) is 6.76. The Kier molecular flexibility index (Phi) is 8.11. The zero-order chi connectivity index (χ0) is 21.6. The predicted molar refractivity (Wildman–Crippen MR) is 124 cm³/mol. The summed E-state index contributed by atoms with van der Waals surface area (Å²) in [5.41, 5.74) is 1.26. The van der Waals surface area contributed by atoms with Gasteiger partial charge in [-0.05, 0) is 19.8 Å². The standard InChI is InChI=1S/C22H38N6OS/c1-5-23-21(24-9-8-19-25-18(17-30-19)22(2,3)4)28-14-12-26(13-15-28)16-20(29)27-10-6-7-11-27/h17H,5-16H2,1-4H3,(H,23,24). The van der Waals surface area contributed by atoms with Crippen LogP contribution in [0.3, 0.4) is 0 Å². The van der Waals surface area contributed by atoms with Crippen LogP contribution in [0.15, 0.2) is 10.4 Å². The molecule has 0 aromatic carbocycles. The van der Waals surface area contributed by atoms with Gasteiger partial charge < -0.3 is 15.1 Å². The molecule has 0 unspecified atom stereocenters. The van der Waals surface area contributed by atoms with Gasteiger partial charge in [0.15, 0.2) is 5.96 Å². The number of amides is 1. The van der Waals surface area contributed by atoms with Crippen molar-refractivity contribution >= 4 is 23.2 Å². The van der Waals surface area contributed by atoms with Crippen molar-refractivity contribution in [3.8, 4) is 0 Å². The highest BCUT2D eigenvalue weighted by Crippen LogP contribution is 2.24. The lowest BCUT2D eigenvalue weighted by atomic mass is 9.93. The normalized spacial score (nSPS) is 18.9. The first kappa shape index (κ1) is 23.0. The third kappa shape index (κ3) is 6.41. The lowest BCUT2D eigenvalue weighted by Crippen LogP contribution is -2.54. The minimum absolute atomic E-state index is 0.1000. The lowest BCUT2D eigenvalue weighted by Gasteiger charge is -2.36. The Labute approximate surface area is 185 Å². The highest BCUT2D eigenvalue weighted by molar-refractivity contribution is 7.09. The second kappa shape index (κ2) is 10.6. The summed E-state index contributed by atoms with van der Waals surface area (Å²) < 4.78 is 0. The third-order valence-electron chi connectivity index (χ3n) is 5.73. The van der Waals surface area contributed by atoms with Gasteiger partial charge in [-0.1, -0.05) is 20.8 Å². The largest absolute Gasteiger partial charge is 0.357 e. The first-order chi connectivity index (χ1) is 14.4. The minimum atomic E-state index is 0.1000. The van der Waals surface area contributed by atoms with Crippen molar-refractivity contribution in [2.24, 2.45) is 4.99 Å². The molecule has 1 aromatic rings. The Morgan fingerprint density at radius 2 is 1.83 bits per heavy atom. The van der Waals surface area contributed by atoms with E-state index in [4.69, 9.17) is 9.98 Å². The Morgan fingerprint density at radius 3 is 2.43 bits per heavy atom. The topological polar surface area (TPSA) is 64.1 Å². The molecule has 0 radical (unpaired) electrons. The SMILES string of the molecule is CCNC(=NCCc1nc(C(C)(C)C)cs1)N1CCN(CC(=O)N2CCCC2)CC1. The number of hydrogen-bond acceptors (Lipinski definition) is 5. The van der Waals surface area contributed by atoms with Crippen LogP contribution in [0.25, 0.3) is 0 Å². The number of thiazole rings is 1. The molecule has 0 bridgehead atoms. The molecule has 8 heteroatoms. The number of piperazine rings is 1. The summed E-state index contributed by atoms with van der Waals surface area (Å²) in [7, 11) is 0. The quantitative estimate of drug-likeness (QED) is 0.549. The van der Waals surface area contributed by atoms with Crippen LogP contribution in [0.4, 0.5) is 0 Å². The molecule has 1 N–H and O–H groups in total. The number of hydrogen-bond donors (Lipinski definition) is 1. The van der Waals surface area contributed by atoms with Gasteiger partial charge >= 0.3 is 0 Å². The molecule has 0 saturated carbocycles. The molecule has 30 heavy (non-hydrogen) atoms. The Morgan fingerprint density at radius 1 is 1.13 bits per heavy atom. The number of aromatic nitrogens is 1. The monoisotopic (exact) mass is 434 g/mol. The van der Waals surface area contributed by atoms with Gasteiger partial charge in [-0.2, -0.15) is 0 Å². The van der Waals surface area contributed by atoms with E-state index in [9.17, 15) is 4.79 Å². The van der Waals surface area contributed by atoms with E-state index in [1.807, 2.05) is 4.90 Å². The second-order valence-electron chi connectivity index (χ2n) is 9.21. The maximum atomic E-state index is 12.4. The van der Waals surface area contributed by atoms with E-state index in [0.29, 0.717) is 12.5 Å². The zero-order valence-corrected chi connectivity index (χ0v) is 19.9. The molecule has 2 fully saturated rings. The number of guanidine groups is 1. The molecule has 0 atom stereocenters. The maximum absolute atomic E-state index is 12.4. The molecule has 3 rings (SSSR count). The molecular formula is C22H38N6OS. The van der Waals surface area contributed by atoms with Gasteiger partial charge in [0, 0.05) is 69.6 Å². The van der Waals surface area contributed by atoms with Crippen LogP contribution in [-0.4, -0.2) is 90.5 Å². The minimum Gasteiger partial charge on any atom is -0.357 e. The number of likely N-dealkylation sites (tertiary alicyclic amines) is 1. The molecular weight excluding hydrogens is 396 g/mol.